The standard InChI is InChI=1S/C25H31N5O/c1-4-9-22-28-23-24(30(22)15-8-10-17(2)29-31-3)20-14-13-19(16-21(20)27-25(23)26)18-11-6-5-7-12-18/h5-7,11-14,16-17,29H,4,8-10,15H2,1-3H3,(H2,26,27). The Hall–Kier alpha value is -2.96. The summed E-state index contributed by atoms with van der Waals surface area (Å²) in [5.74, 6) is 1.58. The van der Waals surface area contributed by atoms with Crippen LogP contribution in [0, 0.1) is 0 Å². The van der Waals surface area contributed by atoms with Crippen LogP contribution in [0.2, 0.25) is 0 Å². The molecule has 0 saturated carbocycles. The molecule has 0 saturated heterocycles. The number of nitrogen functional groups attached to an aromatic ring is 1. The fourth-order valence-electron chi connectivity index (χ4n) is 4.24. The summed E-state index contributed by atoms with van der Waals surface area (Å²) in [4.78, 5) is 14.7. The van der Waals surface area contributed by atoms with Gasteiger partial charge in [0.1, 0.15) is 11.3 Å². The number of benzene rings is 2. The maximum atomic E-state index is 6.39. The highest BCUT2D eigenvalue weighted by atomic mass is 16.6. The third-order valence-corrected chi connectivity index (χ3v) is 5.70. The van der Waals surface area contributed by atoms with Gasteiger partial charge in [0.05, 0.1) is 18.1 Å². The summed E-state index contributed by atoms with van der Waals surface area (Å²) in [6, 6.07) is 17.1. The molecule has 31 heavy (non-hydrogen) atoms. The van der Waals surface area contributed by atoms with Crippen molar-refractivity contribution in [3.05, 3.63) is 54.4 Å². The van der Waals surface area contributed by atoms with Gasteiger partial charge in [0.15, 0.2) is 5.82 Å². The predicted octanol–water partition coefficient (Wildman–Crippen LogP) is 5.11. The smallest absolute Gasteiger partial charge is 0.152 e. The molecule has 0 fully saturated rings. The van der Waals surface area contributed by atoms with E-state index >= 15 is 0 Å². The summed E-state index contributed by atoms with van der Waals surface area (Å²) in [5, 5.41) is 1.10. The SMILES string of the molecule is CCCc1nc2c(N)nc3cc(-c4ccccc4)ccc3c2n1CCCC(C)NOC. The number of hydrogen-bond acceptors (Lipinski definition) is 5. The number of hydrogen-bond donors (Lipinski definition) is 2. The number of rotatable bonds is 9. The Morgan fingerprint density at radius 1 is 1.10 bits per heavy atom. The zero-order valence-electron chi connectivity index (χ0n) is 18.6. The van der Waals surface area contributed by atoms with Gasteiger partial charge in [0, 0.05) is 24.4 Å². The second-order valence-corrected chi connectivity index (χ2v) is 8.09. The van der Waals surface area contributed by atoms with Crippen molar-refractivity contribution in [3.63, 3.8) is 0 Å². The van der Waals surface area contributed by atoms with Gasteiger partial charge >= 0.3 is 0 Å². The number of nitrogens with zero attached hydrogens (tertiary/aromatic N) is 3. The van der Waals surface area contributed by atoms with Crippen LogP contribution in [0.4, 0.5) is 5.82 Å². The van der Waals surface area contributed by atoms with Gasteiger partial charge in [-0.15, -0.1) is 0 Å². The van der Waals surface area contributed by atoms with Crippen molar-refractivity contribution < 1.29 is 4.84 Å². The van der Waals surface area contributed by atoms with E-state index in [2.05, 4.69) is 66.4 Å². The number of anilines is 1. The molecule has 4 rings (SSSR count). The predicted molar refractivity (Wildman–Crippen MR) is 128 cm³/mol. The minimum Gasteiger partial charge on any atom is -0.382 e. The average Bonchev–Trinajstić information content (AvgIpc) is 3.14. The molecule has 6 nitrogen and oxygen atoms in total. The lowest BCUT2D eigenvalue weighted by Gasteiger charge is -2.14. The van der Waals surface area contributed by atoms with Crippen LogP contribution in [0.3, 0.4) is 0 Å². The first-order valence-electron chi connectivity index (χ1n) is 11.0. The summed E-state index contributed by atoms with van der Waals surface area (Å²) >= 11 is 0. The van der Waals surface area contributed by atoms with E-state index in [1.807, 2.05) is 6.07 Å². The van der Waals surface area contributed by atoms with Crippen molar-refractivity contribution in [2.24, 2.45) is 0 Å². The highest BCUT2D eigenvalue weighted by Gasteiger charge is 2.17. The maximum Gasteiger partial charge on any atom is 0.152 e. The first kappa shape index (κ1) is 21.3. The van der Waals surface area contributed by atoms with E-state index in [4.69, 9.17) is 20.5 Å². The van der Waals surface area contributed by atoms with E-state index in [1.165, 1.54) is 5.56 Å². The van der Waals surface area contributed by atoms with Crippen LogP contribution in [0.5, 0.6) is 0 Å². The first-order valence-corrected chi connectivity index (χ1v) is 11.0. The van der Waals surface area contributed by atoms with Crippen molar-refractivity contribution in [2.75, 3.05) is 12.8 Å². The van der Waals surface area contributed by atoms with E-state index in [1.54, 1.807) is 7.11 Å². The Morgan fingerprint density at radius 3 is 2.65 bits per heavy atom. The number of fused-ring (bicyclic) bond motifs is 3. The minimum absolute atomic E-state index is 0.298. The molecular formula is C25H31N5O. The van der Waals surface area contributed by atoms with Gasteiger partial charge < -0.3 is 15.1 Å². The normalized spacial score (nSPS) is 12.6. The molecule has 0 bridgehead atoms. The van der Waals surface area contributed by atoms with Gasteiger partial charge in [0.25, 0.3) is 0 Å². The summed E-state index contributed by atoms with van der Waals surface area (Å²) in [6.45, 7) is 5.20. The topological polar surface area (TPSA) is 78.0 Å². The summed E-state index contributed by atoms with van der Waals surface area (Å²) < 4.78 is 2.35. The number of imidazole rings is 1. The average molecular weight is 418 g/mol. The second kappa shape index (κ2) is 9.45. The quantitative estimate of drug-likeness (QED) is 0.370. The Kier molecular flexibility index (Phi) is 6.49. The molecule has 1 unspecified atom stereocenters. The Labute approximate surface area is 183 Å². The molecule has 2 heterocycles. The van der Waals surface area contributed by atoms with Crippen LogP contribution in [0.25, 0.3) is 33.1 Å². The fourth-order valence-corrected chi connectivity index (χ4v) is 4.24. The van der Waals surface area contributed by atoms with Gasteiger partial charge in [-0.3, -0.25) is 0 Å². The van der Waals surface area contributed by atoms with Crippen LogP contribution in [0.15, 0.2) is 48.5 Å². The van der Waals surface area contributed by atoms with Crippen molar-refractivity contribution in [2.45, 2.75) is 52.1 Å². The molecule has 0 amide bonds. The monoisotopic (exact) mass is 417 g/mol. The first-order chi connectivity index (χ1) is 15.1. The molecule has 0 spiro atoms. The van der Waals surface area contributed by atoms with E-state index in [9.17, 15) is 0 Å². The molecule has 4 aromatic rings. The fraction of sp³-hybridized carbons (Fsp3) is 0.360. The minimum atomic E-state index is 0.298. The van der Waals surface area contributed by atoms with E-state index < -0.39 is 0 Å². The molecule has 1 atom stereocenters. The van der Waals surface area contributed by atoms with Crippen LogP contribution < -0.4 is 11.2 Å². The third-order valence-electron chi connectivity index (χ3n) is 5.70. The van der Waals surface area contributed by atoms with Crippen LogP contribution in [-0.2, 0) is 17.8 Å². The Balaban J connectivity index is 1.79. The molecular weight excluding hydrogens is 386 g/mol. The number of nitrogens with one attached hydrogen (secondary N) is 1. The Bertz CT molecular complexity index is 1170. The lowest BCUT2D eigenvalue weighted by Crippen LogP contribution is -2.24. The van der Waals surface area contributed by atoms with E-state index in [0.29, 0.717) is 11.9 Å². The largest absolute Gasteiger partial charge is 0.382 e. The number of aryl methyl sites for hydroxylation is 2. The van der Waals surface area contributed by atoms with E-state index in [-0.39, 0.29) is 0 Å². The van der Waals surface area contributed by atoms with Crippen molar-refractivity contribution in [1.82, 2.24) is 20.0 Å². The van der Waals surface area contributed by atoms with Gasteiger partial charge in [-0.2, -0.15) is 0 Å². The number of hydroxylamine groups is 1. The molecule has 2 aromatic carbocycles. The van der Waals surface area contributed by atoms with Gasteiger partial charge in [0.2, 0.25) is 0 Å². The number of nitrogens with two attached hydrogens (primary N) is 1. The molecule has 0 aliphatic rings. The number of pyridine rings is 1. The van der Waals surface area contributed by atoms with Crippen LogP contribution in [-0.4, -0.2) is 27.7 Å². The molecule has 3 N–H and O–H groups in total. The third kappa shape index (κ3) is 4.40. The zero-order chi connectivity index (χ0) is 21.8. The van der Waals surface area contributed by atoms with Crippen molar-refractivity contribution in [1.29, 1.82) is 0 Å². The van der Waals surface area contributed by atoms with Crippen LogP contribution >= 0.6 is 0 Å². The summed E-state index contributed by atoms with van der Waals surface area (Å²) in [6.07, 6.45) is 3.99. The molecule has 162 valence electrons. The lowest BCUT2D eigenvalue weighted by molar-refractivity contribution is 0.0626. The second-order valence-electron chi connectivity index (χ2n) is 8.09. The summed E-state index contributed by atoms with van der Waals surface area (Å²) in [5.41, 5.74) is 14.5. The molecule has 0 aliphatic heterocycles. The number of aromatic nitrogens is 3. The van der Waals surface area contributed by atoms with Crippen molar-refractivity contribution >= 4 is 27.8 Å². The maximum absolute atomic E-state index is 6.39. The van der Waals surface area contributed by atoms with Gasteiger partial charge in [-0.05, 0) is 43.4 Å². The molecule has 6 heteroatoms. The summed E-state index contributed by atoms with van der Waals surface area (Å²) in [7, 11) is 1.66. The molecule has 0 radical (unpaired) electrons. The highest BCUT2D eigenvalue weighted by molar-refractivity contribution is 6.07. The van der Waals surface area contributed by atoms with E-state index in [0.717, 1.165) is 65.6 Å². The van der Waals surface area contributed by atoms with Crippen molar-refractivity contribution in [3.8, 4) is 11.1 Å². The van der Waals surface area contributed by atoms with Gasteiger partial charge in [-0.1, -0.05) is 49.4 Å². The highest BCUT2D eigenvalue weighted by Crippen LogP contribution is 2.32. The molecule has 0 aliphatic carbocycles. The molecule has 2 aromatic heterocycles. The van der Waals surface area contributed by atoms with Crippen LogP contribution in [0.1, 0.15) is 38.9 Å². The zero-order valence-corrected chi connectivity index (χ0v) is 18.6. The lowest BCUT2D eigenvalue weighted by atomic mass is 10.0. The van der Waals surface area contributed by atoms with Gasteiger partial charge in [-0.25, -0.2) is 15.4 Å². The Morgan fingerprint density at radius 2 is 1.90 bits per heavy atom.